The number of anilines is 1. The summed E-state index contributed by atoms with van der Waals surface area (Å²) in [6.45, 7) is 1.79. The van der Waals surface area contributed by atoms with Crippen LogP contribution in [0.25, 0.3) is 0 Å². The van der Waals surface area contributed by atoms with Gasteiger partial charge >= 0.3 is 0 Å². The minimum absolute atomic E-state index is 0.0513. The van der Waals surface area contributed by atoms with Crippen molar-refractivity contribution < 1.29 is 9.90 Å². The number of nitrogens with zero attached hydrogens (tertiary/aromatic N) is 1. The molecule has 0 saturated carbocycles. The fourth-order valence-electron chi connectivity index (χ4n) is 1.48. The summed E-state index contributed by atoms with van der Waals surface area (Å²) in [5.41, 5.74) is 0. The standard InChI is InChI=1S/C14H13ClN2O2S/c1-9(20-11-6-4-10(15)5-7-11)14(19)17-13-12(18)3-2-8-16-13/h2-9,18H,1H3,(H,16,17,19). The smallest absolute Gasteiger partial charge is 0.238 e. The van der Waals surface area contributed by atoms with Crippen molar-refractivity contribution in [3.63, 3.8) is 0 Å². The highest BCUT2D eigenvalue weighted by molar-refractivity contribution is 8.00. The molecule has 4 nitrogen and oxygen atoms in total. The van der Waals surface area contributed by atoms with Crippen molar-refractivity contribution in [3.05, 3.63) is 47.6 Å². The Balaban J connectivity index is 1.99. The van der Waals surface area contributed by atoms with Gasteiger partial charge in [-0.05, 0) is 43.3 Å². The molecule has 2 N–H and O–H groups in total. The fourth-order valence-corrected chi connectivity index (χ4v) is 2.48. The largest absolute Gasteiger partial charge is 0.504 e. The van der Waals surface area contributed by atoms with Crippen molar-refractivity contribution in [2.24, 2.45) is 0 Å². The van der Waals surface area contributed by atoms with E-state index >= 15 is 0 Å². The third kappa shape index (κ3) is 3.88. The predicted molar refractivity (Wildman–Crippen MR) is 81.3 cm³/mol. The Kier molecular flexibility index (Phi) is 4.87. The van der Waals surface area contributed by atoms with Gasteiger partial charge in [0.2, 0.25) is 5.91 Å². The number of rotatable bonds is 4. The number of pyridine rings is 1. The quantitative estimate of drug-likeness (QED) is 0.848. The van der Waals surface area contributed by atoms with E-state index in [0.717, 1.165) is 4.90 Å². The maximum Gasteiger partial charge on any atom is 0.238 e. The van der Waals surface area contributed by atoms with Crippen molar-refractivity contribution in [1.82, 2.24) is 4.98 Å². The molecule has 0 aliphatic carbocycles. The molecule has 0 aliphatic rings. The molecule has 1 unspecified atom stereocenters. The first-order valence-corrected chi connectivity index (χ1v) is 7.19. The first-order chi connectivity index (χ1) is 9.56. The SMILES string of the molecule is CC(Sc1ccc(Cl)cc1)C(=O)Nc1ncccc1O. The number of aromatic nitrogens is 1. The average Bonchev–Trinajstić information content (AvgIpc) is 2.44. The maximum atomic E-state index is 12.0. The summed E-state index contributed by atoms with van der Waals surface area (Å²) in [4.78, 5) is 16.9. The van der Waals surface area contributed by atoms with Crippen LogP contribution in [0.15, 0.2) is 47.5 Å². The van der Waals surface area contributed by atoms with Gasteiger partial charge in [0, 0.05) is 16.1 Å². The molecule has 1 aromatic heterocycles. The number of amides is 1. The van der Waals surface area contributed by atoms with E-state index in [9.17, 15) is 9.90 Å². The molecule has 0 radical (unpaired) electrons. The lowest BCUT2D eigenvalue weighted by molar-refractivity contribution is -0.115. The van der Waals surface area contributed by atoms with Gasteiger partial charge in [0.05, 0.1) is 5.25 Å². The van der Waals surface area contributed by atoms with Crippen molar-refractivity contribution in [2.75, 3.05) is 5.32 Å². The summed E-state index contributed by atoms with van der Waals surface area (Å²) >= 11 is 7.22. The van der Waals surface area contributed by atoms with Crippen LogP contribution < -0.4 is 5.32 Å². The number of benzene rings is 1. The molecule has 0 bridgehead atoms. The van der Waals surface area contributed by atoms with E-state index in [1.807, 2.05) is 12.1 Å². The number of hydrogen-bond acceptors (Lipinski definition) is 4. The number of carbonyl (C=O) groups excluding carboxylic acids is 1. The molecule has 1 atom stereocenters. The second-order valence-electron chi connectivity index (χ2n) is 4.07. The van der Waals surface area contributed by atoms with E-state index in [4.69, 9.17) is 11.6 Å². The van der Waals surface area contributed by atoms with Crippen LogP contribution in [0.2, 0.25) is 5.02 Å². The van der Waals surface area contributed by atoms with E-state index in [-0.39, 0.29) is 22.7 Å². The van der Waals surface area contributed by atoms with E-state index in [1.165, 1.54) is 24.0 Å². The highest BCUT2D eigenvalue weighted by Gasteiger charge is 2.16. The molecule has 6 heteroatoms. The van der Waals surface area contributed by atoms with Gasteiger partial charge in [0.25, 0.3) is 0 Å². The summed E-state index contributed by atoms with van der Waals surface area (Å²) in [6.07, 6.45) is 1.51. The van der Waals surface area contributed by atoms with Crippen LogP contribution in [0.4, 0.5) is 5.82 Å². The first kappa shape index (κ1) is 14.7. The molecule has 20 heavy (non-hydrogen) atoms. The lowest BCUT2D eigenvalue weighted by Crippen LogP contribution is -2.22. The Morgan fingerprint density at radius 3 is 2.70 bits per heavy atom. The molecule has 1 amide bonds. The fraction of sp³-hybridized carbons (Fsp3) is 0.143. The van der Waals surface area contributed by atoms with Crippen LogP contribution in [-0.4, -0.2) is 21.2 Å². The Hall–Kier alpha value is -1.72. The molecule has 104 valence electrons. The van der Waals surface area contributed by atoms with Gasteiger partial charge in [-0.3, -0.25) is 4.79 Å². The predicted octanol–water partition coefficient (Wildman–Crippen LogP) is 3.56. The summed E-state index contributed by atoms with van der Waals surface area (Å²) in [7, 11) is 0. The Labute approximate surface area is 126 Å². The molecule has 0 spiro atoms. The van der Waals surface area contributed by atoms with E-state index in [0.29, 0.717) is 5.02 Å². The average molecular weight is 309 g/mol. The molecule has 1 aromatic carbocycles. The Morgan fingerprint density at radius 1 is 1.35 bits per heavy atom. The monoisotopic (exact) mass is 308 g/mol. The molecular weight excluding hydrogens is 296 g/mol. The molecule has 2 aromatic rings. The molecule has 0 saturated heterocycles. The zero-order valence-corrected chi connectivity index (χ0v) is 12.3. The van der Waals surface area contributed by atoms with Crippen LogP contribution in [-0.2, 0) is 4.79 Å². The van der Waals surface area contributed by atoms with Gasteiger partial charge < -0.3 is 10.4 Å². The highest BCUT2D eigenvalue weighted by Crippen LogP contribution is 2.26. The van der Waals surface area contributed by atoms with Gasteiger partial charge in [-0.1, -0.05) is 11.6 Å². The number of aromatic hydroxyl groups is 1. The van der Waals surface area contributed by atoms with E-state index in [2.05, 4.69) is 10.3 Å². The van der Waals surface area contributed by atoms with Crippen LogP contribution in [0, 0.1) is 0 Å². The second kappa shape index (κ2) is 6.63. The van der Waals surface area contributed by atoms with Gasteiger partial charge in [-0.15, -0.1) is 11.8 Å². The lowest BCUT2D eigenvalue weighted by Gasteiger charge is -2.12. The van der Waals surface area contributed by atoms with Gasteiger partial charge in [0.15, 0.2) is 11.6 Å². The van der Waals surface area contributed by atoms with Gasteiger partial charge in [0.1, 0.15) is 0 Å². The summed E-state index contributed by atoms with van der Waals surface area (Å²) in [5.74, 6) is -0.107. The zero-order valence-electron chi connectivity index (χ0n) is 10.7. The third-order valence-electron chi connectivity index (χ3n) is 2.52. The maximum absolute atomic E-state index is 12.0. The summed E-state index contributed by atoms with van der Waals surface area (Å²) in [6, 6.07) is 10.3. The molecule has 0 fully saturated rings. The third-order valence-corrected chi connectivity index (χ3v) is 3.89. The summed E-state index contributed by atoms with van der Waals surface area (Å²) < 4.78 is 0. The van der Waals surface area contributed by atoms with Gasteiger partial charge in [-0.25, -0.2) is 4.98 Å². The minimum atomic E-state index is -0.322. The first-order valence-electron chi connectivity index (χ1n) is 5.93. The van der Waals surface area contributed by atoms with Crippen molar-refractivity contribution >= 4 is 35.1 Å². The van der Waals surface area contributed by atoms with Crippen molar-refractivity contribution in [3.8, 4) is 5.75 Å². The summed E-state index contributed by atoms with van der Waals surface area (Å²) in [5, 5.41) is 12.5. The normalized spacial score (nSPS) is 11.9. The van der Waals surface area contributed by atoms with E-state index < -0.39 is 0 Å². The Bertz CT molecular complexity index is 604. The molecule has 0 aliphatic heterocycles. The second-order valence-corrected chi connectivity index (χ2v) is 5.93. The van der Waals surface area contributed by atoms with E-state index in [1.54, 1.807) is 25.1 Å². The van der Waals surface area contributed by atoms with Crippen molar-refractivity contribution in [2.45, 2.75) is 17.1 Å². The lowest BCUT2D eigenvalue weighted by atomic mass is 10.4. The van der Waals surface area contributed by atoms with Crippen LogP contribution in [0.3, 0.4) is 0 Å². The van der Waals surface area contributed by atoms with Crippen LogP contribution in [0.5, 0.6) is 5.75 Å². The van der Waals surface area contributed by atoms with Crippen LogP contribution in [0.1, 0.15) is 6.92 Å². The van der Waals surface area contributed by atoms with Crippen molar-refractivity contribution in [1.29, 1.82) is 0 Å². The zero-order chi connectivity index (χ0) is 14.5. The number of halogens is 1. The minimum Gasteiger partial charge on any atom is -0.504 e. The van der Waals surface area contributed by atoms with Crippen LogP contribution >= 0.6 is 23.4 Å². The van der Waals surface area contributed by atoms with Gasteiger partial charge in [-0.2, -0.15) is 0 Å². The molecular formula is C14H13ClN2O2S. The number of hydrogen-bond donors (Lipinski definition) is 2. The molecule has 2 rings (SSSR count). The number of thioether (sulfide) groups is 1. The number of carbonyl (C=O) groups is 1. The highest BCUT2D eigenvalue weighted by atomic mass is 35.5. The number of nitrogens with one attached hydrogen (secondary N) is 1. The Morgan fingerprint density at radius 2 is 2.05 bits per heavy atom. The molecule has 1 heterocycles. The topological polar surface area (TPSA) is 62.2 Å².